The molecule has 106 valence electrons. The lowest BCUT2D eigenvalue weighted by Crippen LogP contribution is -2.23. The third-order valence-corrected chi connectivity index (χ3v) is 3.49. The molecule has 0 aromatic carbocycles. The summed E-state index contributed by atoms with van der Waals surface area (Å²) in [5.74, 6) is 3.15. The van der Waals surface area contributed by atoms with Crippen LogP contribution in [0, 0.1) is 12.8 Å². The number of aromatic nitrogens is 2. The zero-order chi connectivity index (χ0) is 13.7. The Hall–Kier alpha value is -1.36. The highest BCUT2D eigenvalue weighted by molar-refractivity contribution is 5.47. The highest BCUT2D eigenvalue weighted by atomic mass is 16.5. The van der Waals surface area contributed by atoms with Gasteiger partial charge in [0, 0.05) is 31.7 Å². The molecule has 0 radical (unpaired) electrons. The van der Waals surface area contributed by atoms with Crippen molar-refractivity contribution in [2.24, 2.45) is 5.92 Å². The molecular weight excluding hydrogens is 240 g/mol. The minimum absolute atomic E-state index is 0.392. The van der Waals surface area contributed by atoms with E-state index in [2.05, 4.69) is 34.4 Å². The first-order valence-corrected chi connectivity index (χ1v) is 7.18. The maximum atomic E-state index is 5.70. The summed E-state index contributed by atoms with van der Waals surface area (Å²) in [6.07, 6.45) is 2.61. The molecule has 0 spiro atoms. The van der Waals surface area contributed by atoms with Crippen molar-refractivity contribution >= 4 is 11.6 Å². The van der Waals surface area contributed by atoms with Crippen molar-refractivity contribution in [1.82, 2.24) is 9.97 Å². The monoisotopic (exact) mass is 264 g/mol. The molecule has 1 aromatic rings. The van der Waals surface area contributed by atoms with Crippen molar-refractivity contribution in [2.45, 2.75) is 39.7 Å². The van der Waals surface area contributed by atoms with E-state index >= 15 is 0 Å². The maximum absolute atomic E-state index is 5.70. The first-order valence-electron chi connectivity index (χ1n) is 7.18. The number of rotatable bonds is 6. The van der Waals surface area contributed by atoms with Crippen LogP contribution in [0.1, 0.15) is 32.5 Å². The second-order valence-electron chi connectivity index (χ2n) is 4.96. The summed E-state index contributed by atoms with van der Waals surface area (Å²) in [4.78, 5) is 8.77. The molecule has 1 aliphatic rings. The lowest BCUT2D eigenvalue weighted by molar-refractivity contribution is 0.0900. The van der Waals surface area contributed by atoms with Crippen LogP contribution in [0.15, 0.2) is 6.07 Å². The lowest BCUT2D eigenvalue weighted by atomic mass is 10.00. The first kappa shape index (κ1) is 14.1. The number of anilines is 2. The minimum atomic E-state index is 0.392. The van der Waals surface area contributed by atoms with E-state index < -0.39 is 0 Å². The van der Waals surface area contributed by atoms with Crippen LogP contribution in [0.3, 0.4) is 0 Å². The average molecular weight is 264 g/mol. The van der Waals surface area contributed by atoms with Gasteiger partial charge in [-0.2, -0.15) is 0 Å². The van der Waals surface area contributed by atoms with Gasteiger partial charge in [-0.3, -0.25) is 0 Å². The number of hydrogen-bond acceptors (Lipinski definition) is 5. The van der Waals surface area contributed by atoms with Crippen molar-refractivity contribution < 1.29 is 4.74 Å². The third kappa shape index (κ3) is 3.80. The first-order chi connectivity index (χ1) is 9.22. The normalized spacial score (nSPS) is 22.5. The van der Waals surface area contributed by atoms with Crippen LogP contribution in [-0.4, -0.2) is 35.8 Å². The Morgan fingerprint density at radius 3 is 2.68 bits per heavy atom. The van der Waals surface area contributed by atoms with Gasteiger partial charge in [0.25, 0.3) is 0 Å². The van der Waals surface area contributed by atoms with Crippen LogP contribution in [0.2, 0.25) is 0 Å². The highest BCUT2D eigenvalue weighted by Crippen LogP contribution is 2.23. The van der Waals surface area contributed by atoms with Crippen molar-refractivity contribution in [1.29, 1.82) is 0 Å². The highest BCUT2D eigenvalue weighted by Gasteiger charge is 2.26. The van der Waals surface area contributed by atoms with Crippen LogP contribution < -0.4 is 10.6 Å². The van der Waals surface area contributed by atoms with Gasteiger partial charge in [0.05, 0.1) is 6.10 Å². The molecule has 5 nitrogen and oxygen atoms in total. The zero-order valence-electron chi connectivity index (χ0n) is 12.1. The Morgan fingerprint density at radius 1 is 1.26 bits per heavy atom. The maximum Gasteiger partial charge on any atom is 0.131 e. The summed E-state index contributed by atoms with van der Waals surface area (Å²) in [6.45, 7) is 8.83. The summed E-state index contributed by atoms with van der Waals surface area (Å²) in [7, 11) is 0. The van der Waals surface area contributed by atoms with E-state index in [4.69, 9.17) is 4.74 Å². The standard InChI is InChI=1S/C14H24N4O/c1-4-12-11(6-7-19-12)9-16-14-8-13(15-5-2)17-10(3)18-14/h8,11-12H,4-7,9H2,1-3H3,(H2,15,16,17,18). The second kappa shape index (κ2) is 6.70. The molecule has 5 heteroatoms. The molecule has 0 saturated carbocycles. The molecule has 0 amide bonds. The number of nitrogens with one attached hydrogen (secondary N) is 2. The molecule has 2 atom stereocenters. The van der Waals surface area contributed by atoms with Gasteiger partial charge >= 0.3 is 0 Å². The van der Waals surface area contributed by atoms with Crippen LogP contribution in [-0.2, 0) is 4.74 Å². The van der Waals surface area contributed by atoms with Gasteiger partial charge in [0.2, 0.25) is 0 Å². The molecule has 0 bridgehead atoms. The molecule has 0 aliphatic carbocycles. The van der Waals surface area contributed by atoms with Crippen LogP contribution in [0.4, 0.5) is 11.6 Å². The molecule has 1 aliphatic heterocycles. The largest absolute Gasteiger partial charge is 0.378 e. The Morgan fingerprint density at radius 2 is 2.00 bits per heavy atom. The lowest BCUT2D eigenvalue weighted by Gasteiger charge is -2.18. The summed E-state index contributed by atoms with van der Waals surface area (Å²) >= 11 is 0. The van der Waals surface area contributed by atoms with E-state index in [0.29, 0.717) is 12.0 Å². The van der Waals surface area contributed by atoms with Gasteiger partial charge in [0.15, 0.2) is 0 Å². The van der Waals surface area contributed by atoms with Gasteiger partial charge in [-0.1, -0.05) is 6.92 Å². The summed E-state index contributed by atoms with van der Waals surface area (Å²) in [5, 5.41) is 6.64. The van der Waals surface area contributed by atoms with Gasteiger partial charge in [-0.25, -0.2) is 9.97 Å². The summed E-state index contributed by atoms with van der Waals surface area (Å²) in [6, 6.07) is 1.97. The number of hydrogen-bond donors (Lipinski definition) is 2. The summed E-state index contributed by atoms with van der Waals surface area (Å²) < 4.78 is 5.70. The topological polar surface area (TPSA) is 59.1 Å². The predicted molar refractivity (Wildman–Crippen MR) is 77.6 cm³/mol. The quantitative estimate of drug-likeness (QED) is 0.826. The van der Waals surface area contributed by atoms with Crippen molar-refractivity contribution in [2.75, 3.05) is 30.3 Å². The number of nitrogens with zero attached hydrogens (tertiary/aromatic N) is 2. The van der Waals surface area contributed by atoms with Gasteiger partial charge in [0.1, 0.15) is 17.5 Å². The number of ether oxygens (including phenoxy) is 1. The van der Waals surface area contributed by atoms with Crippen LogP contribution >= 0.6 is 0 Å². The zero-order valence-corrected chi connectivity index (χ0v) is 12.1. The van der Waals surface area contributed by atoms with Gasteiger partial charge in [-0.15, -0.1) is 0 Å². The summed E-state index contributed by atoms with van der Waals surface area (Å²) in [5.41, 5.74) is 0. The van der Waals surface area contributed by atoms with E-state index in [1.165, 1.54) is 0 Å². The number of aryl methyl sites for hydroxylation is 1. The SMILES string of the molecule is CCNc1cc(NCC2CCOC2CC)nc(C)n1. The minimum Gasteiger partial charge on any atom is -0.378 e. The molecule has 1 aromatic heterocycles. The second-order valence-corrected chi connectivity index (χ2v) is 4.96. The Kier molecular flexibility index (Phi) is 4.96. The fourth-order valence-corrected chi connectivity index (χ4v) is 2.54. The Balaban J connectivity index is 1.95. The van der Waals surface area contributed by atoms with Gasteiger partial charge in [-0.05, 0) is 26.7 Å². The van der Waals surface area contributed by atoms with E-state index in [9.17, 15) is 0 Å². The fraction of sp³-hybridized carbons (Fsp3) is 0.714. The molecule has 2 unspecified atom stereocenters. The van der Waals surface area contributed by atoms with Crippen molar-refractivity contribution in [3.05, 3.63) is 11.9 Å². The smallest absolute Gasteiger partial charge is 0.131 e. The average Bonchev–Trinajstić information content (AvgIpc) is 2.83. The molecule has 2 rings (SSSR count). The van der Waals surface area contributed by atoms with Gasteiger partial charge < -0.3 is 15.4 Å². The molecule has 2 N–H and O–H groups in total. The molecule has 1 fully saturated rings. The van der Waals surface area contributed by atoms with Crippen molar-refractivity contribution in [3.8, 4) is 0 Å². The molecule has 19 heavy (non-hydrogen) atoms. The van der Waals surface area contributed by atoms with Crippen LogP contribution in [0.5, 0.6) is 0 Å². The van der Waals surface area contributed by atoms with Crippen LogP contribution in [0.25, 0.3) is 0 Å². The molecule has 2 heterocycles. The molecular formula is C14H24N4O. The van der Waals surface area contributed by atoms with Crippen molar-refractivity contribution in [3.63, 3.8) is 0 Å². The van der Waals surface area contributed by atoms with E-state index in [1.807, 2.05) is 13.0 Å². The Labute approximate surface area is 115 Å². The molecule has 1 saturated heterocycles. The van der Waals surface area contributed by atoms with E-state index in [0.717, 1.165) is 50.0 Å². The Bertz CT molecular complexity index is 410. The van der Waals surface area contributed by atoms with E-state index in [-0.39, 0.29) is 0 Å². The predicted octanol–water partition coefficient (Wildman–Crippen LogP) is 2.44. The van der Waals surface area contributed by atoms with E-state index in [1.54, 1.807) is 0 Å². The fourth-order valence-electron chi connectivity index (χ4n) is 2.54. The third-order valence-electron chi connectivity index (χ3n) is 3.49.